The van der Waals surface area contributed by atoms with Gasteiger partial charge in [-0.15, -0.1) is 0 Å². The number of quaternary nitrogens is 1. The highest BCUT2D eigenvalue weighted by atomic mass is 16.2. The van der Waals surface area contributed by atoms with E-state index in [1.807, 2.05) is 58.0 Å². The van der Waals surface area contributed by atoms with Crippen molar-refractivity contribution in [2.45, 2.75) is 39.7 Å². The highest BCUT2D eigenvalue weighted by Crippen LogP contribution is 2.13. The minimum atomic E-state index is -0.260. The molecule has 0 radical (unpaired) electrons. The van der Waals surface area contributed by atoms with Gasteiger partial charge in [-0.25, -0.2) is 5.01 Å². The van der Waals surface area contributed by atoms with E-state index in [-0.39, 0.29) is 23.9 Å². The standard InChI is InChI=1S/C19H28N4O2/c1-5-22(13-17(24)20-19(2,3)4)14-18(25)23-12-11-16(21-23)15-9-7-6-8-10-15/h6-10H,5,11-14H2,1-4H3,(H,20,24)/p+1. The summed E-state index contributed by atoms with van der Waals surface area (Å²) >= 11 is 0. The molecule has 1 aromatic carbocycles. The average molecular weight is 345 g/mol. The van der Waals surface area contributed by atoms with Crippen LogP contribution in [-0.2, 0) is 9.59 Å². The number of hydrogen-bond donors (Lipinski definition) is 2. The zero-order valence-corrected chi connectivity index (χ0v) is 15.6. The average Bonchev–Trinajstić information content (AvgIpc) is 3.03. The molecule has 1 aromatic rings. The van der Waals surface area contributed by atoms with Gasteiger partial charge in [-0.05, 0) is 33.3 Å². The SMILES string of the molecule is CC[NH+](CC(=O)NC(C)(C)C)CC(=O)N1CCC(c2ccccc2)=N1. The van der Waals surface area contributed by atoms with Crippen molar-refractivity contribution in [2.75, 3.05) is 26.2 Å². The third-order valence-corrected chi connectivity index (χ3v) is 4.02. The fourth-order valence-corrected chi connectivity index (χ4v) is 2.78. The predicted octanol–water partition coefficient (Wildman–Crippen LogP) is 0.443. The van der Waals surface area contributed by atoms with E-state index in [2.05, 4.69) is 10.4 Å². The summed E-state index contributed by atoms with van der Waals surface area (Å²) in [7, 11) is 0. The lowest BCUT2D eigenvalue weighted by Gasteiger charge is -2.23. The smallest absolute Gasteiger partial charge is 0.297 e. The molecule has 0 saturated carbocycles. The van der Waals surface area contributed by atoms with Crippen molar-refractivity contribution < 1.29 is 14.5 Å². The van der Waals surface area contributed by atoms with E-state index in [4.69, 9.17) is 0 Å². The van der Waals surface area contributed by atoms with Gasteiger partial charge in [0, 0.05) is 12.0 Å². The number of hydrazone groups is 1. The summed E-state index contributed by atoms with van der Waals surface area (Å²) in [6.07, 6.45) is 0.766. The summed E-state index contributed by atoms with van der Waals surface area (Å²) in [5, 5.41) is 8.96. The molecule has 0 fully saturated rings. The Labute approximate surface area is 149 Å². The number of benzene rings is 1. The van der Waals surface area contributed by atoms with Crippen LogP contribution in [0.2, 0.25) is 0 Å². The molecule has 1 unspecified atom stereocenters. The van der Waals surface area contributed by atoms with Crippen LogP contribution in [0.3, 0.4) is 0 Å². The number of rotatable bonds is 6. The van der Waals surface area contributed by atoms with E-state index < -0.39 is 0 Å². The Balaban J connectivity index is 1.92. The van der Waals surface area contributed by atoms with Gasteiger partial charge in [0.15, 0.2) is 13.1 Å². The highest BCUT2D eigenvalue weighted by Gasteiger charge is 2.26. The van der Waals surface area contributed by atoms with Crippen molar-refractivity contribution >= 4 is 17.5 Å². The summed E-state index contributed by atoms with van der Waals surface area (Å²) < 4.78 is 0. The molecule has 1 aliphatic rings. The van der Waals surface area contributed by atoms with E-state index >= 15 is 0 Å². The topological polar surface area (TPSA) is 66.2 Å². The van der Waals surface area contributed by atoms with Crippen molar-refractivity contribution in [1.29, 1.82) is 0 Å². The van der Waals surface area contributed by atoms with E-state index in [9.17, 15) is 9.59 Å². The van der Waals surface area contributed by atoms with Crippen LogP contribution in [0.25, 0.3) is 0 Å². The molecular formula is C19H29N4O2+. The molecule has 2 amide bonds. The van der Waals surface area contributed by atoms with Gasteiger partial charge in [-0.3, -0.25) is 9.59 Å². The molecule has 0 spiro atoms. The Morgan fingerprint density at radius 3 is 2.48 bits per heavy atom. The number of likely N-dealkylation sites (N-methyl/N-ethyl adjacent to an activating group) is 1. The van der Waals surface area contributed by atoms with Gasteiger partial charge in [0.05, 0.1) is 18.8 Å². The molecule has 0 bridgehead atoms. The molecule has 0 saturated heterocycles. The summed E-state index contributed by atoms with van der Waals surface area (Å²) in [5.74, 6) is -0.0709. The lowest BCUT2D eigenvalue weighted by molar-refractivity contribution is -0.882. The van der Waals surface area contributed by atoms with Crippen molar-refractivity contribution in [3.63, 3.8) is 0 Å². The van der Waals surface area contributed by atoms with Gasteiger partial charge in [-0.2, -0.15) is 5.10 Å². The maximum absolute atomic E-state index is 12.5. The van der Waals surface area contributed by atoms with E-state index in [0.29, 0.717) is 19.6 Å². The first-order chi connectivity index (χ1) is 11.8. The quantitative estimate of drug-likeness (QED) is 0.786. The van der Waals surface area contributed by atoms with E-state index in [1.165, 1.54) is 0 Å². The van der Waals surface area contributed by atoms with Crippen LogP contribution in [0, 0.1) is 0 Å². The Kier molecular flexibility index (Phi) is 6.31. The fourth-order valence-electron chi connectivity index (χ4n) is 2.78. The second kappa shape index (κ2) is 8.25. The third-order valence-electron chi connectivity index (χ3n) is 4.02. The number of carbonyl (C=O) groups is 2. The molecule has 2 rings (SSSR count). The van der Waals surface area contributed by atoms with Crippen molar-refractivity contribution in [1.82, 2.24) is 10.3 Å². The number of nitrogens with one attached hydrogen (secondary N) is 2. The minimum absolute atomic E-state index is 0.0351. The van der Waals surface area contributed by atoms with Gasteiger partial charge in [-0.1, -0.05) is 30.3 Å². The third kappa shape index (κ3) is 5.98. The second-order valence-corrected chi connectivity index (χ2v) is 7.43. The molecular weight excluding hydrogens is 316 g/mol. The normalized spacial score (nSPS) is 15.7. The molecule has 1 heterocycles. The number of carbonyl (C=O) groups excluding carboxylic acids is 2. The molecule has 1 atom stereocenters. The Morgan fingerprint density at radius 2 is 1.88 bits per heavy atom. The molecule has 136 valence electrons. The Hall–Kier alpha value is -2.21. The molecule has 1 aliphatic heterocycles. The predicted molar refractivity (Wildman–Crippen MR) is 98.4 cm³/mol. The van der Waals surface area contributed by atoms with Crippen LogP contribution in [0.5, 0.6) is 0 Å². The first kappa shape index (κ1) is 19.1. The molecule has 0 aliphatic carbocycles. The van der Waals surface area contributed by atoms with Crippen LogP contribution in [0.15, 0.2) is 35.4 Å². The maximum Gasteiger partial charge on any atom is 0.297 e. The molecule has 2 N–H and O–H groups in total. The van der Waals surface area contributed by atoms with Gasteiger partial charge in [0.2, 0.25) is 0 Å². The van der Waals surface area contributed by atoms with Gasteiger partial charge in [0.25, 0.3) is 11.8 Å². The molecule has 25 heavy (non-hydrogen) atoms. The Bertz CT molecular complexity index is 635. The lowest BCUT2D eigenvalue weighted by Crippen LogP contribution is -3.14. The van der Waals surface area contributed by atoms with Crippen LogP contribution >= 0.6 is 0 Å². The minimum Gasteiger partial charge on any atom is -0.347 e. The molecule has 0 aromatic heterocycles. The fraction of sp³-hybridized carbons (Fsp3) is 0.526. The van der Waals surface area contributed by atoms with Crippen LogP contribution in [-0.4, -0.2) is 54.3 Å². The summed E-state index contributed by atoms with van der Waals surface area (Å²) in [4.78, 5) is 25.5. The Morgan fingerprint density at radius 1 is 1.20 bits per heavy atom. The van der Waals surface area contributed by atoms with Crippen molar-refractivity contribution in [2.24, 2.45) is 5.10 Å². The number of amides is 2. The van der Waals surface area contributed by atoms with Crippen LogP contribution in [0.1, 0.15) is 39.7 Å². The van der Waals surface area contributed by atoms with Gasteiger partial charge in [0.1, 0.15) is 0 Å². The van der Waals surface area contributed by atoms with E-state index in [1.54, 1.807) is 5.01 Å². The number of nitrogens with zero attached hydrogens (tertiary/aromatic N) is 2. The summed E-state index contributed by atoms with van der Waals surface area (Å²) in [6.45, 7) is 9.72. The summed E-state index contributed by atoms with van der Waals surface area (Å²) in [5.41, 5.74) is 1.74. The van der Waals surface area contributed by atoms with Crippen molar-refractivity contribution in [3.8, 4) is 0 Å². The van der Waals surface area contributed by atoms with Gasteiger partial charge >= 0.3 is 0 Å². The monoisotopic (exact) mass is 345 g/mol. The first-order valence-corrected chi connectivity index (χ1v) is 8.86. The lowest BCUT2D eigenvalue weighted by atomic mass is 10.1. The number of hydrogen-bond acceptors (Lipinski definition) is 3. The van der Waals surface area contributed by atoms with Crippen molar-refractivity contribution in [3.05, 3.63) is 35.9 Å². The van der Waals surface area contributed by atoms with E-state index in [0.717, 1.165) is 22.6 Å². The highest BCUT2D eigenvalue weighted by molar-refractivity contribution is 6.02. The second-order valence-electron chi connectivity index (χ2n) is 7.43. The van der Waals surface area contributed by atoms with Gasteiger partial charge < -0.3 is 10.2 Å². The van der Waals surface area contributed by atoms with Crippen LogP contribution < -0.4 is 10.2 Å². The van der Waals surface area contributed by atoms with Crippen LogP contribution in [0.4, 0.5) is 0 Å². The largest absolute Gasteiger partial charge is 0.347 e. The molecule has 6 heteroatoms. The zero-order valence-electron chi connectivity index (χ0n) is 15.6. The maximum atomic E-state index is 12.5. The first-order valence-electron chi connectivity index (χ1n) is 8.86. The molecule has 6 nitrogen and oxygen atoms in total. The zero-order chi connectivity index (χ0) is 18.4. The summed E-state index contributed by atoms with van der Waals surface area (Å²) in [6, 6.07) is 9.92.